The van der Waals surface area contributed by atoms with Gasteiger partial charge >= 0.3 is 0 Å². The van der Waals surface area contributed by atoms with Crippen LogP contribution in [0.5, 0.6) is 5.75 Å². The molecule has 0 bridgehead atoms. The molecule has 1 aromatic carbocycles. The van der Waals surface area contributed by atoms with Crippen LogP contribution in [0.3, 0.4) is 0 Å². The van der Waals surface area contributed by atoms with Crippen molar-refractivity contribution in [2.75, 3.05) is 26.0 Å². The molecule has 0 radical (unpaired) electrons. The molecule has 0 saturated carbocycles. The zero-order valence-electron chi connectivity index (χ0n) is 11.0. The molecule has 0 unspecified atom stereocenters. The molecule has 0 amide bonds. The maximum absolute atomic E-state index is 10.7. The summed E-state index contributed by atoms with van der Waals surface area (Å²) in [7, 11) is -2.19. The van der Waals surface area contributed by atoms with Crippen LogP contribution in [0.25, 0.3) is 0 Å². The highest BCUT2D eigenvalue weighted by atomic mass is 32.2. The SMILES string of the molecule is COc1cccc2c1CN(CCCS(=O)(=O)O)CC2. The molecule has 1 aliphatic heterocycles. The Morgan fingerprint density at radius 1 is 1.42 bits per heavy atom. The summed E-state index contributed by atoms with van der Waals surface area (Å²) in [6.45, 7) is 2.34. The molecule has 0 aromatic heterocycles. The summed E-state index contributed by atoms with van der Waals surface area (Å²) in [6, 6.07) is 6.04. The first-order chi connectivity index (χ1) is 8.99. The number of fused-ring (bicyclic) bond motifs is 1. The van der Waals surface area contributed by atoms with Crippen LogP contribution in [0.15, 0.2) is 18.2 Å². The number of hydrogen-bond acceptors (Lipinski definition) is 4. The first-order valence-electron chi connectivity index (χ1n) is 6.32. The Bertz CT molecular complexity index is 527. The van der Waals surface area contributed by atoms with Gasteiger partial charge < -0.3 is 4.74 Å². The summed E-state index contributed by atoms with van der Waals surface area (Å²) < 4.78 is 35.5. The molecule has 6 heteroatoms. The molecule has 2 rings (SSSR count). The van der Waals surface area contributed by atoms with Crippen molar-refractivity contribution >= 4 is 10.1 Å². The van der Waals surface area contributed by atoms with E-state index in [1.807, 2.05) is 12.1 Å². The van der Waals surface area contributed by atoms with Crippen molar-refractivity contribution in [2.45, 2.75) is 19.4 Å². The van der Waals surface area contributed by atoms with E-state index in [0.717, 1.165) is 25.3 Å². The first-order valence-corrected chi connectivity index (χ1v) is 7.93. The lowest BCUT2D eigenvalue weighted by Crippen LogP contribution is -2.32. The largest absolute Gasteiger partial charge is 0.496 e. The van der Waals surface area contributed by atoms with Crippen LogP contribution in [-0.4, -0.2) is 43.8 Å². The minimum Gasteiger partial charge on any atom is -0.496 e. The van der Waals surface area contributed by atoms with Crippen LogP contribution in [0.2, 0.25) is 0 Å². The lowest BCUT2D eigenvalue weighted by molar-refractivity contribution is 0.249. The summed E-state index contributed by atoms with van der Waals surface area (Å²) >= 11 is 0. The second kappa shape index (κ2) is 5.90. The summed E-state index contributed by atoms with van der Waals surface area (Å²) in [4.78, 5) is 2.19. The molecule has 1 aromatic rings. The van der Waals surface area contributed by atoms with Gasteiger partial charge in [0.25, 0.3) is 10.1 Å². The van der Waals surface area contributed by atoms with Gasteiger partial charge in [-0.1, -0.05) is 12.1 Å². The lowest BCUT2D eigenvalue weighted by Gasteiger charge is -2.29. The van der Waals surface area contributed by atoms with Gasteiger partial charge in [-0.25, -0.2) is 0 Å². The molecule has 0 saturated heterocycles. The molecule has 19 heavy (non-hydrogen) atoms. The van der Waals surface area contributed by atoms with Crippen molar-refractivity contribution in [3.8, 4) is 5.75 Å². The van der Waals surface area contributed by atoms with Gasteiger partial charge in [-0.05, 0) is 31.0 Å². The van der Waals surface area contributed by atoms with E-state index in [9.17, 15) is 8.42 Å². The molecule has 0 spiro atoms. The maximum Gasteiger partial charge on any atom is 0.264 e. The van der Waals surface area contributed by atoms with Crippen LogP contribution in [0.1, 0.15) is 17.5 Å². The molecule has 0 atom stereocenters. The van der Waals surface area contributed by atoms with Crippen molar-refractivity contribution in [3.63, 3.8) is 0 Å². The molecule has 0 aliphatic carbocycles. The predicted octanol–water partition coefficient (Wildman–Crippen LogP) is 1.33. The molecular formula is C13H19NO4S. The van der Waals surface area contributed by atoms with Crippen molar-refractivity contribution in [3.05, 3.63) is 29.3 Å². The summed E-state index contributed by atoms with van der Waals surface area (Å²) in [5.74, 6) is 0.708. The minimum atomic E-state index is -3.85. The third-order valence-corrected chi connectivity index (χ3v) is 4.21. The molecule has 106 valence electrons. The van der Waals surface area contributed by atoms with Gasteiger partial charge in [-0.2, -0.15) is 8.42 Å². The monoisotopic (exact) mass is 285 g/mol. The van der Waals surface area contributed by atoms with E-state index in [4.69, 9.17) is 9.29 Å². The number of nitrogens with zero attached hydrogens (tertiary/aromatic N) is 1. The van der Waals surface area contributed by atoms with Gasteiger partial charge in [-0.3, -0.25) is 9.45 Å². The normalized spacial score (nSPS) is 16.1. The third-order valence-electron chi connectivity index (χ3n) is 3.41. The van der Waals surface area contributed by atoms with Crippen LogP contribution in [0, 0.1) is 0 Å². The second-order valence-electron chi connectivity index (χ2n) is 4.76. The fourth-order valence-corrected chi connectivity index (χ4v) is 2.95. The number of hydrogen-bond donors (Lipinski definition) is 1. The van der Waals surface area contributed by atoms with E-state index >= 15 is 0 Å². The third kappa shape index (κ3) is 3.92. The van der Waals surface area contributed by atoms with Gasteiger partial charge in [0.05, 0.1) is 12.9 Å². The lowest BCUT2D eigenvalue weighted by atomic mass is 9.99. The number of rotatable bonds is 5. The van der Waals surface area contributed by atoms with Gasteiger partial charge in [0.1, 0.15) is 5.75 Å². The number of ether oxygens (including phenoxy) is 1. The van der Waals surface area contributed by atoms with Crippen LogP contribution in [-0.2, 0) is 23.1 Å². The minimum absolute atomic E-state index is 0.178. The molecule has 1 aliphatic rings. The van der Waals surface area contributed by atoms with E-state index in [-0.39, 0.29) is 5.75 Å². The Balaban J connectivity index is 1.98. The Morgan fingerprint density at radius 3 is 2.89 bits per heavy atom. The average molecular weight is 285 g/mol. The van der Waals surface area contributed by atoms with Crippen LogP contribution < -0.4 is 4.74 Å². The van der Waals surface area contributed by atoms with E-state index in [0.29, 0.717) is 13.0 Å². The molecule has 1 heterocycles. The van der Waals surface area contributed by atoms with Crippen molar-refractivity contribution in [1.82, 2.24) is 4.90 Å². The van der Waals surface area contributed by atoms with Crippen molar-refractivity contribution in [2.24, 2.45) is 0 Å². The Hall–Kier alpha value is -1.11. The highest BCUT2D eigenvalue weighted by molar-refractivity contribution is 7.85. The van der Waals surface area contributed by atoms with Crippen molar-refractivity contribution in [1.29, 1.82) is 0 Å². The zero-order valence-corrected chi connectivity index (χ0v) is 11.8. The smallest absolute Gasteiger partial charge is 0.264 e. The molecular weight excluding hydrogens is 266 g/mol. The highest BCUT2D eigenvalue weighted by Gasteiger charge is 2.19. The summed E-state index contributed by atoms with van der Waals surface area (Å²) in [6.07, 6.45) is 1.39. The first kappa shape index (κ1) is 14.3. The fourth-order valence-electron chi connectivity index (χ4n) is 2.46. The van der Waals surface area contributed by atoms with Crippen molar-refractivity contribution < 1.29 is 17.7 Å². The molecule has 1 N–H and O–H groups in total. The maximum atomic E-state index is 10.7. The van der Waals surface area contributed by atoms with E-state index in [2.05, 4.69) is 11.0 Å². The fraction of sp³-hybridized carbons (Fsp3) is 0.538. The van der Waals surface area contributed by atoms with E-state index < -0.39 is 10.1 Å². The van der Waals surface area contributed by atoms with Crippen LogP contribution in [0.4, 0.5) is 0 Å². The van der Waals surface area contributed by atoms with Gasteiger partial charge in [-0.15, -0.1) is 0 Å². The summed E-state index contributed by atoms with van der Waals surface area (Å²) in [5.41, 5.74) is 2.48. The second-order valence-corrected chi connectivity index (χ2v) is 6.34. The van der Waals surface area contributed by atoms with E-state index in [1.165, 1.54) is 11.1 Å². The number of methoxy groups -OCH3 is 1. The predicted molar refractivity (Wildman–Crippen MR) is 73.0 cm³/mol. The Labute approximate surface area is 113 Å². The Kier molecular flexibility index (Phi) is 4.44. The highest BCUT2D eigenvalue weighted by Crippen LogP contribution is 2.27. The summed E-state index contributed by atoms with van der Waals surface area (Å²) in [5, 5.41) is 0. The quantitative estimate of drug-likeness (QED) is 0.827. The Morgan fingerprint density at radius 2 is 2.21 bits per heavy atom. The number of benzene rings is 1. The molecule has 0 fully saturated rings. The van der Waals surface area contributed by atoms with Gasteiger partial charge in [0.2, 0.25) is 0 Å². The van der Waals surface area contributed by atoms with Gasteiger partial charge in [0.15, 0.2) is 0 Å². The van der Waals surface area contributed by atoms with Gasteiger partial charge in [0, 0.05) is 18.7 Å². The average Bonchev–Trinajstić information content (AvgIpc) is 2.36. The topological polar surface area (TPSA) is 66.8 Å². The molecule has 5 nitrogen and oxygen atoms in total. The van der Waals surface area contributed by atoms with E-state index in [1.54, 1.807) is 7.11 Å². The standard InChI is InChI=1S/C13H19NO4S/c1-18-13-5-2-4-11-6-8-14(10-12(11)13)7-3-9-19(15,16)17/h2,4-5H,3,6-10H2,1H3,(H,15,16,17). The van der Waals surface area contributed by atoms with Crippen LogP contribution >= 0.6 is 0 Å². The zero-order chi connectivity index (χ0) is 13.9.